The number of esters is 8. The van der Waals surface area contributed by atoms with Crippen molar-refractivity contribution in [1.29, 1.82) is 0 Å². The monoisotopic (exact) mass is 1170 g/mol. The van der Waals surface area contributed by atoms with E-state index in [0.717, 1.165) is 48.6 Å². The average Bonchev–Trinajstić information content (AvgIpc) is 3.49. The SMILES string of the molecule is C=CC(=O)OCCOCC(CCC(CCC(CCC(CCC(CCC(COCCOC(=O)C=C)OCCOC(=O)C=C)OCCOC(=O)C=C)OCCOC(=O)C=C)OCCOC(=O)C=C)OCCOC(=O)C=C)OCCOC(=O)C=C. The van der Waals surface area contributed by atoms with Gasteiger partial charge >= 0.3 is 47.8 Å². The zero-order valence-electron chi connectivity index (χ0n) is 47.3. The highest BCUT2D eigenvalue weighted by Crippen LogP contribution is 2.23. The Balaban J connectivity index is 6.67. The first-order valence-corrected chi connectivity index (χ1v) is 26.9. The number of rotatable bonds is 57. The first-order valence-electron chi connectivity index (χ1n) is 26.9. The first kappa shape index (κ1) is 75.4. The van der Waals surface area contributed by atoms with E-state index in [1.165, 1.54) is 0 Å². The molecule has 0 aromatic rings. The molecule has 0 aliphatic heterocycles. The predicted octanol–water partition coefficient (Wildman–Crippen LogP) is 5.07. The van der Waals surface area contributed by atoms with Crippen LogP contribution in [0.3, 0.4) is 0 Å². The molecule has 0 rings (SSSR count). The van der Waals surface area contributed by atoms with Crippen LogP contribution in [0.5, 0.6) is 0 Å². The van der Waals surface area contributed by atoms with Crippen molar-refractivity contribution >= 4 is 47.8 Å². The van der Waals surface area contributed by atoms with Gasteiger partial charge in [-0.15, -0.1) is 0 Å². The number of hydrogen-bond acceptors (Lipinski definition) is 24. The van der Waals surface area contributed by atoms with Gasteiger partial charge in [-0.1, -0.05) is 52.6 Å². The van der Waals surface area contributed by atoms with Gasteiger partial charge < -0.3 is 75.8 Å². The Hall–Kier alpha value is -6.64. The van der Waals surface area contributed by atoms with Crippen molar-refractivity contribution in [3.63, 3.8) is 0 Å². The molecule has 0 radical (unpaired) electrons. The fraction of sp³-hybridized carbons (Fsp3) is 0.586. The minimum atomic E-state index is -0.629. The highest BCUT2D eigenvalue weighted by atomic mass is 16.6. The van der Waals surface area contributed by atoms with Crippen LogP contribution in [0.15, 0.2) is 101 Å². The number of carbonyl (C=O) groups excluding carboxylic acids is 8. The second kappa shape index (κ2) is 52.4. The van der Waals surface area contributed by atoms with E-state index >= 15 is 0 Å². The highest BCUT2D eigenvalue weighted by molar-refractivity contribution is 5.83. The van der Waals surface area contributed by atoms with Crippen LogP contribution in [0.4, 0.5) is 0 Å². The van der Waals surface area contributed by atoms with Gasteiger partial charge in [0.15, 0.2) is 0 Å². The summed E-state index contributed by atoms with van der Waals surface area (Å²) in [5.74, 6) is -4.95. The Morgan fingerprint density at radius 3 is 0.537 bits per heavy atom. The molecule has 0 amide bonds. The van der Waals surface area contributed by atoms with Crippen molar-refractivity contribution in [3.8, 4) is 0 Å². The smallest absolute Gasteiger partial charge is 0.330 e. The molecular formula is C58H86O24. The molecule has 0 aliphatic rings. The summed E-state index contributed by atoms with van der Waals surface area (Å²) in [6.45, 7) is 27.3. The summed E-state index contributed by atoms with van der Waals surface area (Å²) < 4.78 is 89.7. The molecule has 0 saturated heterocycles. The largest absolute Gasteiger partial charge is 0.460 e. The highest BCUT2D eigenvalue weighted by Gasteiger charge is 2.23. The van der Waals surface area contributed by atoms with Gasteiger partial charge in [0.2, 0.25) is 0 Å². The molecule has 0 aromatic carbocycles. The van der Waals surface area contributed by atoms with Gasteiger partial charge in [0.05, 0.1) is 103 Å². The van der Waals surface area contributed by atoms with E-state index in [1.54, 1.807) is 0 Å². The van der Waals surface area contributed by atoms with E-state index in [1.807, 2.05) is 0 Å². The lowest BCUT2D eigenvalue weighted by Gasteiger charge is -2.27. The Kier molecular flexibility index (Phi) is 48.2. The molecule has 0 heterocycles. The molecule has 24 heteroatoms. The fourth-order valence-corrected chi connectivity index (χ4v) is 6.98. The summed E-state index contributed by atoms with van der Waals surface area (Å²) >= 11 is 0. The van der Waals surface area contributed by atoms with Gasteiger partial charge in [0, 0.05) is 48.6 Å². The van der Waals surface area contributed by atoms with Crippen LogP contribution in [-0.2, 0) is 114 Å². The molecule has 6 atom stereocenters. The average molecular weight is 1170 g/mol. The Morgan fingerprint density at radius 1 is 0.220 bits per heavy atom. The predicted molar refractivity (Wildman–Crippen MR) is 295 cm³/mol. The second-order valence-electron chi connectivity index (χ2n) is 17.0. The summed E-state index contributed by atoms with van der Waals surface area (Å²) in [5, 5.41) is 0. The Labute approximate surface area is 481 Å². The van der Waals surface area contributed by atoms with Gasteiger partial charge in [-0.25, -0.2) is 38.4 Å². The molecule has 462 valence electrons. The standard InChI is InChI=1S/C58H86O24/c1-9-51(59)75-29-27-67-43-49(73-35-41-81-57(65)15-7)25-23-47(71-33-39-79-55(63)13-5)21-19-45(69-31-37-77-53(61)11-3)17-18-46(70-32-38-78-54(62)12-4)20-22-48(72-34-40-80-56(64)14-6)24-26-50(74-36-42-82-58(66)16-8)44-68-28-30-76-52(60)10-2/h9-16,45-50H,1-8,17-44H2. The molecule has 0 fully saturated rings. The molecule has 0 spiro atoms. The first-order chi connectivity index (χ1) is 39.7. The van der Waals surface area contributed by atoms with Crippen molar-refractivity contribution < 1.29 is 114 Å². The summed E-state index contributed by atoms with van der Waals surface area (Å²) in [4.78, 5) is 93.9. The summed E-state index contributed by atoms with van der Waals surface area (Å²) in [5.41, 5.74) is 0. The Morgan fingerprint density at radius 2 is 0.366 bits per heavy atom. The summed E-state index contributed by atoms with van der Waals surface area (Å²) in [6, 6.07) is 0. The molecule has 6 unspecified atom stereocenters. The van der Waals surface area contributed by atoms with Crippen LogP contribution in [-0.4, -0.2) is 203 Å². The van der Waals surface area contributed by atoms with E-state index in [0.29, 0.717) is 64.2 Å². The third-order valence-corrected chi connectivity index (χ3v) is 11.0. The van der Waals surface area contributed by atoms with Crippen LogP contribution in [0.1, 0.15) is 64.2 Å². The summed E-state index contributed by atoms with van der Waals surface area (Å²) in [7, 11) is 0. The van der Waals surface area contributed by atoms with Crippen LogP contribution < -0.4 is 0 Å². The molecule has 0 aromatic heterocycles. The molecule has 0 saturated carbocycles. The van der Waals surface area contributed by atoms with E-state index < -0.39 is 84.4 Å². The van der Waals surface area contributed by atoms with E-state index in [9.17, 15) is 38.4 Å². The summed E-state index contributed by atoms with van der Waals surface area (Å²) in [6.07, 6.45) is 9.38. The van der Waals surface area contributed by atoms with Crippen LogP contribution in [0, 0.1) is 0 Å². The lowest BCUT2D eigenvalue weighted by atomic mass is 9.97. The van der Waals surface area contributed by atoms with Crippen molar-refractivity contribution in [3.05, 3.63) is 101 Å². The van der Waals surface area contributed by atoms with Crippen molar-refractivity contribution in [2.24, 2.45) is 0 Å². The minimum absolute atomic E-state index is 0.0258. The van der Waals surface area contributed by atoms with Crippen LogP contribution >= 0.6 is 0 Å². The van der Waals surface area contributed by atoms with Gasteiger partial charge in [-0.2, -0.15) is 0 Å². The van der Waals surface area contributed by atoms with Gasteiger partial charge in [0.25, 0.3) is 0 Å². The van der Waals surface area contributed by atoms with Gasteiger partial charge in [-0.3, -0.25) is 0 Å². The van der Waals surface area contributed by atoms with Crippen LogP contribution in [0.25, 0.3) is 0 Å². The number of carbonyl (C=O) groups is 8. The second-order valence-corrected chi connectivity index (χ2v) is 17.0. The van der Waals surface area contributed by atoms with Crippen molar-refractivity contribution in [2.45, 2.75) is 101 Å². The normalized spacial score (nSPS) is 12.9. The van der Waals surface area contributed by atoms with E-state index in [2.05, 4.69) is 52.6 Å². The third kappa shape index (κ3) is 45.0. The van der Waals surface area contributed by atoms with Crippen LogP contribution in [0.2, 0.25) is 0 Å². The van der Waals surface area contributed by atoms with Gasteiger partial charge in [-0.05, 0) is 64.2 Å². The third-order valence-electron chi connectivity index (χ3n) is 11.0. The topological polar surface area (TPSA) is 284 Å². The molecule has 24 nitrogen and oxygen atoms in total. The maximum absolute atomic E-state index is 11.9. The van der Waals surface area contributed by atoms with Gasteiger partial charge in [0.1, 0.15) is 52.9 Å². The Bertz CT molecular complexity index is 1780. The van der Waals surface area contributed by atoms with Crippen molar-refractivity contribution in [1.82, 2.24) is 0 Å². The fourth-order valence-electron chi connectivity index (χ4n) is 6.98. The zero-order valence-corrected chi connectivity index (χ0v) is 47.3. The molecule has 0 aliphatic carbocycles. The lowest BCUT2D eigenvalue weighted by Crippen LogP contribution is -2.28. The number of ether oxygens (including phenoxy) is 16. The minimum Gasteiger partial charge on any atom is -0.460 e. The molecule has 0 N–H and O–H groups in total. The maximum atomic E-state index is 11.9. The molecular weight excluding hydrogens is 1080 g/mol. The van der Waals surface area contributed by atoms with E-state index in [4.69, 9.17) is 75.8 Å². The quantitative estimate of drug-likeness (QED) is 0.0333. The number of hydrogen-bond donors (Lipinski definition) is 0. The zero-order chi connectivity index (χ0) is 60.9. The lowest BCUT2D eigenvalue weighted by molar-refractivity contribution is -0.142. The van der Waals surface area contributed by atoms with Crippen molar-refractivity contribution in [2.75, 3.05) is 119 Å². The maximum Gasteiger partial charge on any atom is 0.330 e. The molecule has 82 heavy (non-hydrogen) atoms. The van der Waals surface area contributed by atoms with E-state index in [-0.39, 0.29) is 119 Å². The molecule has 0 bridgehead atoms.